The van der Waals surface area contributed by atoms with E-state index >= 15 is 0 Å². The average Bonchev–Trinajstić information content (AvgIpc) is 2.51. The molecule has 29 heavy (non-hydrogen) atoms. The molecule has 0 fully saturated rings. The lowest BCUT2D eigenvalue weighted by molar-refractivity contribution is -0.00756. The predicted molar refractivity (Wildman–Crippen MR) is 133 cm³/mol. The van der Waals surface area contributed by atoms with Crippen molar-refractivity contribution in [3.8, 4) is 0 Å². The first-order valence-electron chi connectivity index (χ1n) is 11.7. The van der Waals surface area contributed by atoms with Crippen LogP contribution in [0, 0.1) is 22.2 Å². The smallest absolute Gasteiger partial charge is 0.00470 e. The molecule has 0 unspecified atom stereocenters. The van der Waals surface area contributed by atoms with Crippen molar-refractivity contribution in [2.45, 2.75) is 127 Å². The van der Waals surface area contributed by atoms with Crippen LogP contribution < -0.4 is 0 Å². The molecular weight excluding hydrogens is 348 g/mol. The van der Waals surface area contributed by atoms with Gasteiger partial charge in [0.2, 0.25) is 0 Å². The highest BCUT2D eigenvalue weighted by Gasteiger charge is 2.50. The van der Waals surface area contributed by atoms with Crippen LogP contribution in [0.4, 0.5) is 0 Å². The fraction of sp³-hybridized carbons (Fsp3) is 0.793. The van der Waals surface area contributed by atoms with Gasteiger partial charge in [-0.2, -0.15) is 0 Å². The second-order valence-electron chi connectivity index (χ2n) is 14.1. The number of benzene rings is 1. The van der Waals surface area contributed by atoms with Gasteiger partial charge in [-0.1, -0.05) is 129 Å². The summed E-state index contributed by atoms with van der Waals surface area (Å²) in [5, 5.41) is 0. The van der Waals surface area contributed by atoms with Gasteiger partial charge in [-0.3, -0.25) is 0 Å². The Morgan fingerprint density at radius 1 is 0.517 bits per heavy atom. The van der Waals surface area contributed by atoms with Crippen LogP contribution in [0.25, 0.3) is 0 Å². The molecule has 0 aliphatic rings. The van der Waals surface area contributed by atoms with E-state index in [0.717, 1.165) is 0 Å². The summed E-state index contributed by atoms with van der Waals surface area (Å²) in [6, 6.07) is 7.50. The molecule has 0 N–H and O–H groups in total. The van der Waals surface area contributed by atoms with Crippen molar-refractivity contribution in [2.24, 2.45) is 22.2 Å². The average molecular weight is 401 g/mol. The molecule has 1 rings (SSSR count). The lowest BCUT2D eigenvalue weighted by atomic mass is 9.49. The maximum atomic E-state index is 2.53. The van der Waals surface area contributed by atoms with Crippen molar-refractivity contribution >= 4 is 0 Å². The van der Waals surface area contributed by atoms with E-state index in [4.69, 9.17) is 0 Å². The zero-order valence-electron chi connectivity index (χ0n) is 22.8. The van der Waals surface area contributed by atoms with Crippen molar-refractivity contribution in [1.29, 1.82) is 0 Å². The molecule has 1 aromatic carbocycles. The summed E-state index contributed by atoms with van der Waals surface area (Å²) < 4.78 is 0. The molecule has 0 bridgehead atoms. The third-order valence-corrected chi connectivity index (χ3v) is 9.73. The van der Waals surface area contributed by atoms with E-state index in [1.54, 1.807) is 0 Å². The van der Waals surface area contributed by atoms with E-state index < -0.39 is 0 Å². The van der Waals surface area contributed by atoms with Gasteiger partial charge in [-0.25, -0.2) is 0 Å². The second kappa shape index (κ2) is 7.42. The van der Waals surface area contributed by atoms with Crippen LogP contribution in [0.2, 0.25) is 0 Å². The first kappa shape index (κ1) is 26.3. The molecule has 0 atom stereocenters. The minimum absolute atomic E-state index is 0.0464. The molecule has 0 saturated carbocycles. The van der Waals surface area contributed by atoms with Crippen molar-refractivity contribution in [1.82, 2.24) is 0 Å². The molecule has 0 saturated heterocycles. The summed E-state index contributed by atoms with van der Waals surface area (Å²) in [4.78, 5) is 0. The Kier molecular flexibility index (Phi) is 6.72. The Hall–Kier alpha value is -0.780. The van der Waals surface area contributed by atoms with Crippen LogP contribution in [0.1, 0.15) is 127 Å². The molecule has 0 radical (unpaired) electrons. The molecule has 0 aliphatic heterocycles. The first-order valence-corrected chi connectivity index (χ1v) is 11.7. The van der Waals surface area contributed by atoms with E-state index in [1.165, 1.54) is 16.7 Å². The summed E-state index contributed by atoms with van der Waals surface area (Å²) in [7, 11) is 0. The molecule has 0 aromatic heterocycles. The number of hydrogen-bond acceptors (Lipinski definition) is 0. The minimum Gasteiger partial charge on any atom is -0.0622 e. The maximum Gasteiger partial charge on any atom is -0.00470 e. The van der Waals surface area contributed by atoms with E-state index in [-0.39, 0.29) is 32.5 Å². The Balaban J connectivity index is 3.86. The van der Waals surface area contributed by atoms with Crippen LogP contribution in [0.5, 0.6) is 0 Å². The Morgan fingerprint density at radius 2 is 0.862 bits per heavy atom. The molecule has 0 heteroatoms. The number of hydrogen-bond donors (Lipinski definition) is 0. The highest BCUT2D eigenvalue weighted by molar-refractivity contribution is 5.42. The van der Waals surface area contributed by atoms with Gasteiger partial charge in [0.1, 0.15) is 0 Å². The standard InChI is InChI=1S/C29H52/c1-20(2)26(9,10)29(15,16)28(13,14)23-18-21(24(3,4)5)17-22(19-23)27(11,12)25(6,7)8/h17-20H,1-16H3. The van der Waals surface area contributed by atoms with Crippen LogP contribution in [-0.4, -0.2) is 0 Å². The molecule has 168 valence electrons. The van der Waals surface area contributed by atoms with Gasteiger partial charge < -0.3 is 0 Å². The lowest BCUT2D eigenvalue weighted by Crippen LogP contribution is -2.49. The molecule has 0 heterocycles. The van der Waals surface area contributed by atoms with Crippen molar-refractivity contribution < 1.29 is 0 Å². The quantitative estimate of drug-likeness (QED) is 0.462. The van der Waals surface area contributed by atoms with E-state index in [9.17, 15) is 0 Å². The zero-order valence-corrected chi connectivity index (χ0v) is 22.8. The summed E-state index contributed by atoms with van der Waals surface area (Å²) in [5.41, 5.74) is 5.22. The maximum absolute atomic E-state index is 2.53. The van der Waals surface area contributed by atoms with Gasteiger partial charge in [-0.15, -0.1) is 0 Å². The van der Waals surface area contributed by atoms with E-state index in [0.29, 0.717) is 5.92 Å². The van der Waals surface area contributed by atoms with Crippen molar-refractivity contribution in [2.75, 3.05) is 0 Å². The van der Waals surface area contributed by atoms with Crippen LogP contribution in [0.3, 0.4) is 0 Å². The van der Waals surface area contributed by atoms with Gasteiger partial charge >= 0.3 is 0 Å². The van der Waals surface area contributed by atoms with Crippen molar-refractivity contribution in [3.63, 3.8) is 0 Å². The van der Waals surface area contributed by atoms with E-state index in [2.05, 4.69) is 129 Å². The molecular formula is C29H52. The molecule has 1 aromatic rings. The van der Waals surface area contributed by atoms with Crippen LogP contribution in [0.15, 0.2) is 18.2 Å². The predicted octanol–water partition coefficient (Wildman–Crippen LogP) is 9.29. The fourth-order valence-electron chi connectivity index (χ4n) is 4.10. The molecule has 0 nitrogen and oxygen atoms in total. The monoisotopic (exact) mass is 400 g/mol. The summed E-state index contributed by atoms with van der Waals surface area (Å²) in [6.07, 6.45) is 0. The lowest BCUT2D eigenvalue weighted by Gasteiger charge is -2.55. The van der Waals surface area contributed by atoms with Crippen molar-refractivity contribution in [3.05, 3.63) is 34.9 Å². The first-order chi connectivity index (χ1) is 12.5. The fourth-order valence-corrected chi connectivity index (χ4v) is 4.10. The number of rotatable bonds is 5. The van der Waals surface area contributed by atoms with E-state index in [1.807, 2.05) is 0 Å². The summed E-state index contributed by atoms with van der Waals surface area (Å²) in [6.45, 7) is 38.5. The van der Waals surface area contributed by atoms with Gasteiger partial charge in [0, 0.05) is 0 Å². The summed E-state index contributed by atoms with van der Waals surface area (Å²) in [5.74, 6) is 0.619. The second-order valence-corrected chi connectivity index (χ2v) is 14.1. The minimum atomic E-state index is 0.0464. The third-order valence-electron chi connectivity index (χ3n) is 9.73. The summed E-state index contributed by atoms with van der Waals surface area (Å²) >= 11 is 0. The third kappa shape index (κ3) is 4.47. The Bertz CT molecular complexity index is 709. The SMILES string of the molecule is CC(C)C(C)(C)C(C)(C)C(C)(C)c1cc(C(C)(C)C)cc(C(C)(C)C(C)(C)C)c1. The zero-order chi connectivity index (χ0) is 23.4. The highest BCUT2D eigenvalue weighted by Crippen LogP contribution is 2.56. The Labute approximate surface area is 184 Å². The normalized spacial score (nSPS) is 15.2. The highest BCUT2D eigenvalue weighted by atomic mass is 14.5. The van der Waals surface area contributed by atoms with Gasteiger partial charge in [-0.05, 0) is 55.1 Å². The van der Waals surface area contributed by atoms with Crippen LogP contribution in [-0.2, 0) is 16.2 Å². The largest absolute Gasteiger partial charge is 0.0622 e. The van der Waals surface area contributed by atoms with Gasteiger partial charge in [0.15, 0.2) is 0 Å². The molecule has 0 aliphatic carbocycles. The Morgan fingerprint density at radius 3 is 1.17 bits per heavy atom. The van der Waals surface area contributed by atoms with Gasteiger partial charge in [0.05, 0.1) is 0 Å². The van der Waals surface area contributed by atoms with Gasteiger partial charge in [0.25, 0.3) is 0 Å². The van der Waals surface area contributed by atoms with Crippen LogP contribution >= 0.6 is 0 Å². The topological polar surface area (TPSA) is 0 Å². The molecule has 0 spiro atoms. The molecule has 0 amide bonds.